The van der Waals surface area contributed by atoms with Gasteiger partial charge in [0.2, 0.25) is 0 Å². The van der Waals surface area contributed by atoms with Gasteiger partial charge in [0.1, 0.15) is 16.0 Å². The van der Waals surface area contributed by atoms with Crippen LogP contribution in [-0.2, 0) is 4.32 Å². The van der Waals surface area contributed by atoms with E-state index in [1.165, 1.54) is 18.2 Å². The number of allylic oxidation sites excluding steroid dienone is 4. The normalized spacial score (nSPS) is 17.2. The van der Waals surface area contributed by atoms with E-state index in [1.807, 2.05) is 97.1 Å². The molecule has 38 heavy (non-hydrogen) atoms. The Balaban J connectivity index is 1.87. The van der Waals surface area contributed by atoms with Crippen LogP contribution in [0.1, 0.15) is 27.8 Å². The van der Waals surface area contributed by atoms with Crippen molar-refractivity contribution in [1.29, 1.82) is 0 Å². The van der Waals surface area contributed by atoms with Crippen molar-refractivity contribution in [1.82, 2.24) is 0 Å². The summed E-state index contributed by atoms with van der Waals surface area (Å²) in [7, 11) is 0. The van der Waals surface area contributed by atoms with Crippen LogP contribution in [0.2, 0.25) is 0 Å². The van der Waals surface area contributed by atoms with Crippen LogP contribution in [0.4, 0.5) is 8.78 Å². The molecule has 0 nitrogen and oxygen atoms in total. The van der Waals surface area contributed by atoms with E-state index < -0.39 is 16.0 Å². The summed E-state index contributed by atoms with van der Waals surface area (Å²) in [6.45, 7) is 0. The van der Waals surface area contributed by atoms with Crippen molar-refractivity contribution in [2.75, 3.05) is 0 Å². The molecule has 1 unspecified atom stereocenters. The highest BCUT2D eigenvalue weighted by atomic mass is 79.9. The van der Waals surface area contributed by atoms with Crippen LogP contribution in [0.3, 0.4) is 0 Å². The van der Waals surface area contributed by atoms with Crippen molar-refractivity contribution in [3.05, 3.63) is 179 Å². The Bertz CT molecular complexity index is 1640. The molecule has 184 valence electrons. The largest absolute Gasteiger partial charge is 0.206 e. The number of hydrogen-bond acceptors (Lipinski definition) is 0. The maximum Gasteiger partial charge on any atom is 0.134 e. The summed E-state index contributed by atoms with van der Waals surface area (Å²) >= 11 is 4.22. The highest BCUT2D eigenvalue weighted by Crippen LogP contribution is 2.65. The molecule has 3 heteroatoms. The number of alkyl halides is 1. The fraction of sp³-hybridized carbons (Fsp3) is 0.0286. The molecule has 1 aliphatic rings. The van der Waals surface area contributed by atoms with Gasteiger partial charge in [-0.15, -0.1) is 0 Å². The first-order valence-corrected chi connectivity index (χ1v) is 13.2. The van der Waals surface area contributed by atoms with Gasteiger partial charge >= 0.3 is 0 Å². The molecule has 1 atom stereocenters. The zero-order valence-corrected chi connectivity index (χ0v) is 22.0. The van der Waals surface area contributed by atoms with E-state index in [1.54, 1.807) is 0 Å². The summed E-state index contributed by atoms with van der Waals surface area (Å²) < 4.78 is 30.6. The molecular weight excluding hydrogens is 538 g/mol. The second-order valence-electron chi connectivity index (χ2n) is 9.22. The standard InChI is InChI=1S/C35H23BrF2/c36-35(27-20-11-4-12-21-27)33(25-16-7-2-8-17-25)30(24-14-5-1-6-15-24)32(31-28(37)22-13-23-29(31)38)34(35)26-18-9-3-10-19-26/h1-23H. The van der Waals surface area contributed by atoms with E-state index in [0.29, 0.717) is 5.57 Å². The van der Waals surface area contributed by atoms with Crippen LogP contribution in [0.15, 0.2) is 140 Å². The second-order valence-corrected chi connectivity index (χ2v) is 10.4. The van der Waals surface area contributed by atoms with Crippen LogP contribution < -0.4 is 0 Å². The minimum atomic E-state index is -0.897. The van der Waals surface area contributed by atoms with Gasteiger partial charge in [-0.3, -0.25) is 0 Å². The molecule has 0 fully saturated rings. The fourth-order valence-electron chi connectivity index (χ4n) is 5.45. The smallest absolute Gasteiger partial charge is 0.134 e. The average Bonchev–Trinajstić information content (AvgIpc) is 3.24. The van der Waals surface area contributed by atoms with Gasteiger partial charge < -0.3 is 0 Å². The van der Waals surface area contributed by atoms with Crippen LogP contribution in [0.5, 0.6) is 0 Å². The lowest BCUT2D eigenvalue weighted by Gasteiger charge is -2.32. The Morgan fingerprint density at radius 1 is 0.421 bits per heavy atom. The quantitative estimate of drug-likeness (QED) is 0.187. The Kier molecular flexibility index (Phi) is 6.39. The van der Waals surface area contributed by atoms with Gasteiger partial charge in [0.05, 0.1) is 5.56 Å². The minimum absolute atomic E-state index is 0.0316. The number of hydrogen-bond donors (Lipinski definition) is 0. The van der Waals surface area contributed by atoms with Gasteiger partial charge in [-0.2, -0.15) is 0 Å². The molecule has 1 aliphatic carbocycles. The van der Waals surface area contributed by atoms with Crippen LogP contribution in [-0.4, -0.2) is 0 Å². The maximum atomic E-state index is 15.8. The lowest BCUT2D eigenvalue weighted by atomic mass is 9.81. The van der Waals surface area contributed by atoms with Gasteiger partial charge in [0, 0.05) is 5.57 Å². The van der Waals surface area contributed by atoms with E-state index in [2.05, 4.69) is 40.2 Å². The number of halogens is 3. The van der Waals surface area contributed by atoms with Gasteiger partial charge in [0.15, 0.2) is 0 Å². The average molecular weight is 561 g/mol. The first-order chi connectivity index (χ1) is 18.6. The SMILES string of the molecule is Fc1cccc(F)c1C1=C(c2ccccc2)C(Br)(c2ccccc2)C(c2ccccc2)=C1c1ccccc1. The van der Waals surface area contributed by atoms with Crippen molar-refractivity contribution in [2.45, 2.75) is 4.32 Å². The number of rotatable bonds is 5. The Labute approximate surface area is 229 Å². The van der Waals surface area contributed by atoms with E-state index in [4.69, 9.17) is 0 Å². The predicted octanol–water partition coefficient (Wildman–Crippen LogP) is 9.79. The summed E-state index contributed by atoms with van der Waals surface area (Å²) in [6.07, 6.45) is 0. The predicted molar refractivity (Wildman–Crippen MR) is 156 cm³/mol. The zero-order chi connectivity index (χ0) is 26.1. The molecule has 0 spiro atoms. The molecule has 0 heterocycles. The number of benzene rings is 5. The molecule has 5 aromatic rings. The molecule has 0 saturated heterocycles. The molecule has 0 radical (unpaired) electrons. The molecule has 0 N–H and O–H groups in total. The van der Waals surface area contributed by atoms with Gasteiger partial charge in [-0.05, 0) is 51.1 Å². The van der Waals surface area contributed by atoms with Crippen LogP contribution in [0.25, 0.3) is 22.3 Å². The fourth-order valence-corrected chi connectivity index (χ4v) is 6.57. The van der Waals surface area contributed by atoms with Crippen molar-refractivity contribution in [3.63, 3.8) is 0 Å². The van der Waals surface area contributed by atoms with Crippen molar-refractivity contribution < 1.29 is 8.78 Å². The Morgan fingerprint density at radius 3 is 1.29 bits per heavy atom. The van der Waals surface area contributed by atoms with E-state index in [9.17, 15) is 0 Å². The first kappa shape index (κ1) is 24.3. The maximum absolute atomic E-state index is 15.8. The molecule has 0 saturated carbocycles. The highest BCUT2D eigenvalue weighted by Gasteiger charge is 2.49. The lowest BCUT2D eigenvalue weighted by Crippen LogP contribution is -2.20. The van der Waals surface area contributed by atoms with E-state index in [-0.39, 0.29) is 5.56 Å². The highest BCUT2D eigenvalue weighted by molar-refractivity contribution is 9.10. The summed E-state index contributed by atoms with van der Waals surface area (Å²) in [5.41, 5.74) is 6.73. The monoisotopic (exact) mass is 560 g/mol. The lowest BCUT2D eigenvalue weighted by molar-refractivity contribution is 0.578. The van der Waals surface area contributed by atoms with Gasteiger partial charge in [-0.25, -0.2) is 8.78 Å². The van der Waals surface area contributed by atoms with Gasteiger partial charge in [0.25, 0.3) is 0 Å². The molecular formula is C35H23BrF2. The van der Waals surface area contributed by atoms with Crippen molar-refractivity contribution in [3.8, 4) is 0 Å². The van der Waals surface area contributed by atoms with E-state index in [0.717, 1.165) is 39.0 Å². The van der Waals surface area contributed by atoms with Gasteiger partial charge in [-0.1, -0.05) is 143 Å². The minimum Gasteiger partial charge on any atom is -0.206 e. The third-order valence-corrected chi connectivity index (χ3v) is 8.26. The van der Waals surface area contributed by atoms with E-state index >= 15 is 8.78 Å². The molecule has 0 bridgehead atoms. The molecule has 0 aromatic heterocycles. The Hall–Kier alpha value is -4.08. The molecule has 0 amide bonds. The molecule has 0 aliphatic heterocycles. The van der Waals surface area contributed by atoms with Crippen molar-refractivity contribution >= 4 is 38.2 Å². The molecule has 5 aromatic carbocycles. The Morgan fingerprint density at radius 2 is 0.816 bits per heavy atom. The van der Waals surface area contributed by atoms with Crippen LogP contribution in [0, 0.1) is 11.6 Å². The van der Waals surface area contributed by atoms with Crippen LogP contribution >= 0.6 is 15.9 Å². The topological polar surface area (TPSA) is 0 Å². The first-order valence-electron chi connectivity index (χ1n) is 12.5. The van der Waals surface area contributed by atoms with Crippen molar-refractivity contribution in [2.24, 2.45) is 0 Å². The zero-order valence-electron chi connectivity index (χ0n) is 20.4. The third kappa shape index (κ3) is 3.95. The molecule has 6 rings (SSSR count). The summed E-state index contributed by atoms with van der Waals surface area (Å²) in [6, 6.07) is 44.0. The summed E-state index contributed by atoms with van der Waals surface area (Å²) in [4.78, 5) is 0. The summed E-state index contributed by atoms with van der Waals surface area (Å²) in [5, 5.41) is 0. The third-order valence-electron chi connectivity index (χ3n) is 7.01. The second kappa shape index (κ2) is 10.00. The summed E-state index contributed by atoms with van der Waals surface area (Å²) in [5.74, 6) is -1.20.